The molecule has 3 heterocycles. The maximum Gasteiger partial charge on any atom is 0.118 e. The lowest BCUT2D eigenvalue weighted by molar-refractivity contribution is -0.0172. The smallest absolute Gasteiger partial charge is 0.118 e. The van der Waals surface area contributed by atoms with E-state index in [4.69, 9.17) is 18.6 Å². The molecule has 0 spiro atoms. The molecule has 148 valence electrons. The second-order valence-electron chi connectivity index (χ2n) is 6.64. The molecule has 8 heteroatoms. The molecule has 4 bridgehead atoms. The fourth-order valence-corrected chi connectivity index (χ4v) is 3.00. The first-order valence-electron chi connectivity index (χ1n) is 9.57. The maximum absolute atomic E-state index is 5.85. The molecule has 0 saturated carbocycles. The first-order chi connectivity index (χ1) is 12.9. The number of nitrogens with one attached hydrogen (secondary N) is 2. The first kappa shape index (κ1) is 19.8. The number of hydrogen-bond donors (Lipinski definition) is 2. The van der Waals surface area contributed by atoms with E-state index in [2.05, 4.69) is 20.4 Å². The number of furan rings is 1. The Bertz CT molecular complexity index is 459. The van der Waals surface area contributed by atoms with Gasteiger partial charge in [0.2, 0.25) is 0 Å². The van der Waals surface area contributed by atoms with Crippen LogP contribution in [-0.4, -0.2) is 89.0 Å². The summed E-state index contributed by atoms with van der Waals surface area (Å²) in [4.78, 5) is 4.66. The largest absolute Gasteiger partial charge is 0.463 e. The lowest BCUT2D eigenvalue weighted by atomic mass is 10.4. The highest BCUT2D eigenvalue weighted by Gasteiger charge is 2.12. The lowest BCUT2D eigenvalue weighted by Gasteiger charge is -2.27. The van der Waals surface area contributed by atoms with Crippen molar-refractivity contribution in [2.75, 3.05) is 79.2 Å². The normalized spacial score (nSPS) is 28.2. The minimum Gasteiger partial charge on any atom is -0.463 e. The highest BCUT2D eigenvalue weighted by molar-refractivity contribution is 5.06. The van der Waals surface area contributed by atoms with E-state index in [9.17, 15) is 0 Å². The van der Waals surface area contributed by atoms with Crippen LogP contribution in [0.4, 0.5) is 0 Å². The lowest BCUT2D eigenvalue weighted by Crippen LogP contribution is -2.42. The van der Waals surface area contributed by atoms with E-state index in [0.717, 1.165) is 63.9 Å². The van der Waals surface area contributed by atoms with Gasteiger partial charge in [0.15, 0.2) is 0 Å². The molecule has 2 unspecified atom stereocenters. The summed E-state index contributed by atoms with van der Waals surface area (Å²) < 4.78 is 22.9. The van der Waals surface area contributed by atoms with E-state index in [1.807, 2.05) is 12.1 Å². The summed E-state index contributed by atoms with van der Waals surface area (Å²) in [7, 11) is 0. The molecular formula is C18H32N4O4. The topological polar surface area (TPSA) is 71.4 Å². The Balaban J connectivity index is 1.59. The third kappa shape index (κ3) is 7.32. The highest BCUT2D eigenvalue weighted by atomic mass is 16.5. The molecule has 0 amide bonds. The molecule has 2 aliphatic heterocycles. The van der Waals surface area contributed by atoms with Crippen LogP contribution in [0, 0.1) is 0 Å². The monoisotopic (exact) mass is 368 g/mol. The van der Waals surface area contributed by atoms with Crippen LogP contribution in [0.15, 0.2) is 16.5 Å². The molecule has 1 aromatic heterocycles. The van der Waals surface area contributed by atoms with Gasteiger partial charge in [-0.1, -0.05) is 0 Å². The van der Waals surface area contributed by atoms with Crippen molar-refractivity contribution in [3.05, 3.63) is 23.7 Å². The minimum atomic E-state index is 0.615. The standard InChI is InChI=1S/C18H32N4O4/c1-2-18-14-20-4-6-22-8-7-21(5-3-19-13-17(1)26-18)15-24-11-9-23-10-12-25-16-22/h1-2,19-20H,3-16H2. The van der Waals surface area contributed by atoms with E-state index in [1.165, 1.54) is 0 Å². The van der Waals surface area contributed by atoms with E-state index >= 15 is 0 Å². The van der Waals surface area contributed by atoms with Gasteiger partial charge in [0.1, 0.15) is 11.5 Å². The van der Waals surface area contributed by atoms with E-state index in [1.54, 1.807) is 0 Å². The molecule has 2 aliphatic rings. The van der Waals surface area contributed by atoms with Crippen molar-refractivity contribution in [1.82, 2.24) is 20.4 Å². The van der Waals surface area contributed by atoms with Crippen LogP contribution in [0.25, 0.3) is 0 Å². The Morgan fingerprint density at radius 2 is 1.15 bits per heavy atom. The number of nitrogens with zero attached hydrogens (tertiary/aromatic N) is 2. The third-order valence-electron chi connectivity index (χ3n) is 4.55. The number of fused-ring (bicyclic) bond motifs is 5. The van der Waals surface area contributed by atoms with Crippen molar-refractivity contribution in [2.45, 2.75) is 13.1 Å². The van der Waals surface area contributed by atoms with Gasteiger partial charge in [0, 0.05) is 39.3 Å². The molecule has 8 nitrogen and oxygen atoms in total. The van der Waals surface area contributed by atoms with Gasteiger partial charge < -0.3 is 29.3 Å². The Kier molecular flexibility index (Phi) is 8.86. The van der Waals surface area contributed by atoms with Crippen molar-refractivity contribution in [3.8, 4) is 0 Å². The third-order valence-corrected chi connectivity index (χ3v) is 4.55. The average Bonchev–Trinajstić information content (AvgIpc) is 3.10. The van der Waals surface area contributed by atoms with Crippen molar-refractivity contribution < 1.29 is 18.6 Å². The van der Waals surface area contributed by atoms with Gasteiger partial charge in [-0.2, -0.15) is 0 Å². The van der Waals surface area contributed by atoms with Crippen molar-refractivity contribution >= 4 is 0 Å². The van der Waals surface area contributed by atoms with Crippen molar-refractivity contribution in [3.63, 3.8) is 0 Å². The number of ether oxygens (including phenoxy) is 3. The SMILES string of the molecule is c1cc2oc1CNCCN1CCN(CCNC2)COCCOCCOC1. The van der Waals surface area contributed by atoms with Gasteiger partial charge in [-0.3, -0.25) is 9.80 Å². The summed E-state index contributed by atoms with van der Waals surface area (Å²) in [5, 5.41) is 6.91. The molecule has 1 aromatic rings. The van der Waals surface area contributed by atoms with Crippen LogP contribution >= 0.6 is 0 Å². The summed E-state index contributed by atoms with van der Waals surface area (Å²) in [5.74, 6) is 1.96. The second kappa shape index (κ2) is 11.7. The summed E-state index contributed by atoms with van der Waals surface area (Å²) in [6.45, 7) is 10.8. The number of hydrogen-bond acceptors (Lipinski definition) is 8. The van der Waals surface area contributed by atoms with E-state index < -0.39 is 0 Å². The zero-order valence-corrected chi connectivity index (χ0v) is 15.6. The zero-order chi connectivity index (χ0) is 17.9. The van der Waals surface area contributed by atoms with Crippen LogP contribution in [0.5, 0.6) is 0 Å². The zero-order valence-electron chi connectivity index (χ0n) is 15.6. The second-order valence-corrected chi connectivity index (χ2v) is 6.64. The molecule has 0 aliphatic carbocycles. The van der Waals surface area contributed by atoms with E-state index in [-0.39, 0.29) is 0 Å². The fourth-order valence-electron chi connectivity index (χ4n) is 3.00. The molecule has 1 fully saturated rings. The van der Waals surface area contributed by atoms with Crippen molar-refractivity contribution in [2.24, 2.45) is 0 Å². The average molecular weight is 368 g/mol. The molecule has 0 radical (unpaired) electrons. The molecular weight excluding hydrogens is 336 g/mol. The Morgan fingerprint density at radius 1 is 0.654 bits per heavy atom. The van der Waals surface area contributed by atoms with E-state index in [0.29, 0.717) is 39.9 Å². The molecule has 26 heavy (non-hydrogen) atoms. The molecule has 2 N–H and O–H groups in total. The van der Waals surface area contributed by atoms with Crippen LogP contribution in [0.1, 0.15) is 11.5 Å². The van der Waals surface area contributed by atoms with Gasteiger partial charge in [0.25, 0.3) is 0 Å². The van der Waals surface area contributed by atoms with Crippen LogP contribution < -0.4 is 10.6 Å². The quantitative estimate of drug-likeness (QED) is 0.666. The van der Waals surface area contributed by atoms with Crippen molar-refractivity contribution in [1.29, 1.82) is 0 Å². The van der Waals surface area contributed by atoms with Gasteiger partial charge in [-0.05, 0) is 12.1 Å². The van der Waals surface area contributed by atoms with Crippen LogP contribution in [0.3, 0.4) is 0 Å². The molecule has 2 atom stereocenters. The summed E-state index contributed by atoms with van der Waals surface area (Å²) in [6, 6.07) is 4.10. The maximum atomic E-state index is 5.85. The Labute approximate surface area is 155 Å². The van der Waals surface area contributed by atoms with Gasteiger partial charge in [0.05, 0.1) is 53.0 Å². The van der Waals surface area contributed by atoms with Crippen LogP contribution in [-0.2, 0) is 27.3 Å². The molecule has 1 saturated heterocycles. The predicted molar refractivity (Wildman–Crippen MR) is 97.7 cm³/mol. The fraction of sp³-hybridized carbons (Fsp3) is 0.778. The minimum absolute atomic E-state index is 0.615. The number of rotatable bonds is 0. The van der Waals surface area contributed by atoms with Gasteiger partial charge >= 0.3 is 0 Å². The Hall–Kier alpha value is -1.00. The van der Waals surface area contributed by atoms with Gasteiger partial charge in [-0.25, -0.2) is 0 Å². The predicted octanol–water partition coefficient (Wildman–Crippen LogP) is 0.0548. The summed E-state index contributed by atoms with van der Waals surface area (Å²) in [5.41, 5.74) is 0. The van der Waals surface area contributed by atoms with Crippen LogP contribution in [0.2, 0.25) is 0 Å². The first-order valence-corrected chi connectivity index (χ1v) is 9.57. The Morgan fingerprint density at radius 3 is 1.69 bits per heavy atom. The van der Waals surface area contributed by atoms with Gasteiger partial charge in [-0.15, -0.1) is 0 Å². The molecule has 0 aromatic carbocycles. The highest BCUT2D eigenvalue weighted by Crippen LogP contribution is 2.07. The molecule has 3 rings (SSSR count). The summed E-state index contributed by atoms with van der Waals surface area (Å²) >= 11 is 0. The summed E-state index contributed by atoms with van der Waals surface area (Å²) in [6.07, 6.45) is 0.